The van der Waals surface area contributed by atoms with Crippen molar-refractivity contribution < 1.29 is 9.53 Å². The van der Waals surface area contributed by atoms with Crippen LogP contribution in [0, 0.1) is 6.92 Å². The topological polar surface area (TPSA) is 38.3 Å². The molecule has 25 heavy (non-hydrogen) atoms. The highest BCUT2D eigenvalue weighted by Crippen LogP contribution is 2.26. The molecule has 0 bridgehead atoms. The van der Waals surface area contributed by atoms with Gasteiger partial charge in [-0.15, -0.1) is 11.3 Å². The number of ether oxygens (including phenoxy) is 1. The molecule has 1 aromatic heterocycles. The molecule has 3 nitrogen and oxygen atoms in total. The predicted molar refractivity (Wildman–Crippen MR) is 102 cm³/mol. The van der Waals surface area contributed by atoms with Gasteiger partial charge >= 0.3 is 0 Å². The maximum absolute atomic E-state index is 12.7. The highest BCUT2D eigenvalue weighted by molar-refractivity contribution is 7.10. The standard InChI is InChI=1S/C21H21NO2S/c1-15-10-12-18(13-11-15)24-16(2)21(23)22-20(19-9-6-14-25-19)17-7-4-3-5-8-17/h3-14,16,20H,1-2H3,(H,22,23)/t16-,20+/m0/s1. The zero-order valence-corrected chi connectivity index (χ0v) is 15.1. The van der Waals surface area contributed by atoms with E-state index in [2.05, 4.69) is 5.32 Å². The van der Waals surface area contributed by atoms with Gasteiger partial charge in [0.2, 0.25) is 0 Å². The number of thiophene rings is 1. The van der Waals surface area contributed by atoms with E-state index >= 15 is 0 Å². The largest absolute Gasteiger partial charge is 0.481 e. The van der Waals surface area contributed by atoms with Crippen LogP contribution in [0.2, 0.25) is 0 Å². The zero-order valence-electron chi connectivity index (χ0n) is 14.3. The number of carbonyl (C=O) groups excluding carboxylic acids is 1. The van der Waals surface area contributed by atoms with Crippen LogP contribution in [0.4, 0.5) is 0 Å². The van der Waals surface area contributed by atoms with Crippen LogP contribution >= 0.6 is 11.3 Å². The lowest BCUT2D eigenvalue weighted by Gasteiger charge is -2.21. The van der Waals surface area contributed by atoms with E-state index in [1.165, 1.54) is 0 Å². The van der Waals surface area contributed by atoms with Crippen molar-refractivity contribution in [3.8, 4) is 5.75 Å². The molecule has 1 amide bonds. The first kappa shape index (κ1) is 17.2. The lowest BCUT2D eigenvalue weighted by Crippen LogP contribution is -2.38. The monoisotopic (exact) mass is 351 g/mol. The Balaban J connectivity index is 1.73. The molecule has 3 aromatic rings. The summed E-state index contributed by atoms with van der Waals surface area (Å²) in [5, 5.41) is 5.13. The third kappa shape index (κ3) is 4.48. The zero-order chi connectivity index (χ0) is 17.6. The molecule has 128 valence electrons. The van der Waals surface area contributed by atoms with E-state index in [0.29, 0.717) is 5.75 Å². The Kier molecular flexibility index (Phi) is 5.51. The van der Waals surface area contributed by atoms with E-state index in [4.69, 9.17) is 4.74 Å². The highest BCUT2D eigenvalue weighted by atomic mass is 32.1. The number of hydrogen-bond acceptors (Lipinski definition) is 3. The van der Waals surface area contributed by atoms with Crippen LogP contribution in [0.25, 0.3) is 0 Å². The Morgan fingerprint density at radius 1 is 1.00 bits per heavy atom. The summed E-state index contributed by atoms with van der Waals surface area (Å²) in [7, 11) is 0. The van der Waals surface area contributed by atoms with Crippen LogP contribution in [-0.4, -0.2) is 12.0 Å². The van der Waals surface area contributed by atoms with Crippen molar-refractivity contribution in [2.24, 2.45) is 0 Å². The number of nitrogens with one attached hydrogen (secondary N) is 1. The summed E-state index contributed by atoms with van der Waals surface area (Å²) >= 11 is 1.63. The third-order valence-electron chi connectivity index (χ3n) is 3.95. The van der Waals surface area contributed by atoms with Crippen LogP contribution in [0.15, 0.2) is 72.1 Å². The fourth-order valence-corrected chi connectivity index (χ4v) is 3.36. The number of aryl methyl sites for hydroxylation is 1. The summed E-state index contributed by atoms with van der Waals surface area (Å²) in [5.41, 5.74) is 2.21. The maximum atomic E-state index is 12.7. The molecule has 0 spiro atoms. The van der Waals surface area contributed by atoms with E-state index in [0.717, 1.165) is 16.0 Å². The van der Waals surface area contributed by atoms with E-state index in [1.807, 2.05) is 79.0 Å². The fraction of sp³-hybridized carbons (Fsp3) is 0.190. The minimum Gasteiger partial charge on any atom is -0.481 e. The van der Waals surface area contributed by atoms with Crippen LogP contribution in [0.3, 0.4) is 0 Å². The number of carbonyl (C=O) groups is 1. The number of rotatable bonds is 6. The average molecular weight is 351 g/mol. The summed E-state index contributed by atoms with van der Waals surface area (Å²) in [4.78, 5) is 13.8. The van der Waals surface area contributed by atoms with E-state index in [-0.39, 0.29) is 11.9 Å². The van der Waals surface area contributed by atoms with E-state index < -0.39 is 6.10 Å². The van der Waals surface area contributed by atoms with Crippen molar-refractivity contribution in [3.05, 3.63) is 88.1 Å². The van der Waals surface area contributed by atoms with Crippen molar-refractivity contribution in [2.45, 2.75) is 26.0 Å². The summed E-state index contributed by atoms with van der Waals surface area (Å²) in [6.45, 7) is 3.79. The van der Waals surface area contributed by atoms with Gasteiger partial charge < -0.3 is 10.1 Å². The molecule has 1 heterocycles. The van der Waals surface area contributed by atoms with Crippen LogP contribution in [0.1, 0.15) is 29.0 Å². The van der Waals surface area contributed by atoms with E-state index in [9.17, 15) is 4.79 Å². The van der Waals surface area contributed by atoms with Gasteiger partial charge in [0.1, 0.15) is 5.75 Å². The molecule has 0 saturated heterocycles. The summed E-state index contributed by atoms with van der Waals surface area (Å²) < 4.78 is 5.78. The van der Waals surface area contributed by atoms with Crippen LogP contribution in [-0.2, 0) is 4.79 Å². The van der Waals surface area contributed by atoms with Gasteiger partial charge in [0.05, 0.1) is 6.04 Å². The third-order valence-corrected chi connectivity index (χ3v) is 4.89. The van der Waals surface area contributed by atoms with Gasteiger partial charge in [0, 0.05) is 4.88 Å². The van der Waals surface area contributed by atoms with Gasteiger partial charge in [-0.05, 0) is 43.0 Å². The molecule has 1 N–H and O–H groups in total. The molecule has 0 aliphatic rings. The molecular weight excluding hydrogens is 330 g/mol. The summed E-state index contributed by atoms with van der Waals surface area (Å²) in [5.74, 6) is 0.559. The Bertz CT molecular complexity index is 798. The quantitative estimate of drug-likeness (QED) is 0.697. The molecule has 0 aliphatic carbocycles. The molecular formula is C21H21NO2S. The average Bonchev–Trinajstić information content (AvgIpc) is 3.16. The Morgan fingerprint density at radius 3 is 2.36 bits per heavy atom. The number of hydrogen-bond donors (Lipinski definition) is 1. The molecule has 2 atom stereocenters. The van der Waals surface area contributed by atoms with Crippen molar-refractivity contribution in [3.63, 3.8) is 0 Å². The Morgan fingerprint density at radius 2 is 1.72 bits per heavy atom. The number of benzene rings is 2. The van der Waals surface area contributed by atoms with Gasteiger partial charge in [0.25, 0.3) is 5.91 Å². The first-order chi connectivity index (χ1) is 12.1. The molecule has 0 unspecified atom stereocenters. The molecule has 3 rings (SSSR count). The van der Waals surface area contributed by atoms with Crippen LogP contribution < -0.4 is 10.1 Å². The highest BCUT2D eigenvalue weighted by Gasteiger charge is 2.22. The second-order valence-corrected chi connectivity index (χ2v) is 6.92. The summed E-state index contributed by atoms with van der Waals surface area (Å²) in [6.07, 6.45) is -0.575. The lowest BCUT2D eigenvalue weighted by molar-refractivity contribution is -0.127. The molecule has 4 heteroatoms. The fourth-order valence-electron chi connectivity index (χ4n) is 2.55. The maximum Gasteiger partial charge on any atom is 0.261 e. The Labute approximate surface area is 152 Å². The SMILES string of the molecule is Cc1ccc(O[C@@H](C)C(=O)N[C@H](c2ccccc2)c2cccs2)cc1. The lowest BCUT2D eigenvalue weighted by atomic mass is 10.1. The van der Waals surface area contributed by atoms with Gasteiger partial charge in [-0.1, -0.05) is 54.1 Å². The van der Waals surface area contributed by atoms with Crippen molar-refractivity contribution in [1.82, 2.24) is 5.32 Å². The minimum atomic E-state index is -0.575. The second kappa shape index (κ2) is 7.99. The number of amides is 1. The van der Waals surface area contributed by atoms with Gasteiger partial charge in [0.15, 0.2) is 6.10 Å². The van der Waals surface area contributed by atoms with Crippen molar-refractivity contribution in [1.29, 1.82) is 0 Å². The second-order valence-electron chi connectivity index (χ2n) is 5.94. The molecule has 0 aliphatic heterocycles. The van der Waals surface area contributed by atoms with Gasteiger partial charge in [-0.3, -0.25) is 4.79 Å². The predicted octanol–water partition coefficient (Wildman–Crippen LogP) is 4.73. The summed E-state index contributed by atoms with van der Waals surface area (Å²) in [6, 6.07) is 21.5. The van der Waals surface area contributed by atoms with Crippen molar-refractivity contribution >= 4 is 17.2 Å². The smallest absolute Gasteiger partial charge is 0.261 e. The minimum absolute atomic E-state index is 0.136. The molecule has 0 fully saturated rings. The first-order valence-corrected chi connectivity index (χ1v) is 9.13. The molecule has 0 radical (unpaired) electrons. The van der Waals surface area contributed by atoms with E-state index in [1.54, 1.807) is 18.3 Å². The first-order valence-electron chi connectivity index (χ1n) is 8.25. The molecule has 2 aromatic carbocycles. The van der Waals surface area contributed by atoms with Gasteiger partial charge in [-0.2, -0.15) is 0 Å². The van der Waals surface area contributed by atoms with Crippen molar-refractivity contribution in [2.75, 3.05) is 0 Å². The van der Waals surface area contributed by atoms with Crippen LogP contribution in [0.5, 0.6) is 5.75 Å². The Hall–Kier alpha value is -2.59. The molecule has 0 saturated carbocycles. The van der Waals surface area contributed by atoms with Gasteiger partial charge in [-0.25, -0.2) is 0 Å². The normalized spacial score (nSPS) is 13.0.